The Morgan fingerprint density at radius 3 is 3.00 bits per heavy atom. The van der Waals surface area contributed by atoms with Gasteiger partial charge >= 0.3 is 0 Å². The summed E-state index contributed by atoms with van der Waals surface area (Å²) in [5, 5.41) is 8.02. The molecule has 8 nitrogen and oxygen atoms in total. The first kappa shape index (κ1) is 16.3. The molecule has 2 aromatic heterocycles. The van der Waals surface area contributed by atoms with Crippen molar-refractivity contribution in [2.24, 2.45) is 0 Å². The number of rotatable bonds is 5. The molecular weight excluding hydrogens is 338 g/mol. The van der Waals surface area contributed by atoms with E-state index in [9.17, 15) is 13.2 Å². The average molecular weight is 357 g/mol. The number of amides is 1. The molecule has 23 heavy (non-hydrogen) atoms. The van der Waals surface area contributed by atoms with Crippen LogP contribution in [0.15, 0.2) is 6.20 Å². The van der Waals surface area contributed by atoms with Gasteiger partial charge in [-0.1, -0.05) is 11.3 Å². The quantitative estimate of drug-likeness (QED) is 0.798. The van der Waals surface area contributed by atoms with Crippen molar-refractivity contribution in [3.63, 3.8) is 0 Å². The van der Waals surface area contributed by atoms with Crippen LogP contribution in [-0.2, 0) is 21.2 Å². The fourth-order valence-electron chi connectivity index (χ4n) is 2.65. The van der Waals surface area contributed by atoms with Crippen LogP contribution in [0.2, 0.25) is 0 Å². The maximum Gasteiger partial charge on any atom is 0.234 e. The van der Waals surface area contributed by atoms with E-state index in [0.29, 0.717) is 13.0 Å². The number of carbonyl (C=O) groups excluding carboxylic acids is 1. The number of fused-ring (bicyclic) bond motifs is 1. The highest BCUT2D eigenvalue weighted by Gasteiger charge is 2.31. The van der Waals surface area contributed by atoms with Gasteiger partial charge in [0, 0.05) is 6.04 Å². The van der Waals surface area contributed by atoms with E-state index in [4.69, 9.17) is 0 Å². The van der Waals surface area contributed by atoms with E-state index in [1.807, 2.05) is 6.92 Å². The molecule has 2 aromatic rings. The molecule has 0 aromatic carbocycles. The maximum absolute atomic E-state index is 12.0. The van der Waals surface area contributed by atoms with Crippen LogP contribution in [0.25, 0.3) is 4.96 Å². The Morgan fingerprint density at radius 1 is 1.57 bits per heavy atom. The Hall–Kier alpha value is -1.52. The molecule has 0 unspecified atom stereocenters. The molecule has 0 radical (unpaired) electrons. The Morgan fingerprint density at radius 2 is 2.35 bits per heavy atom. The summed E-state index contributed by atoms with van der Waals surface area (Å²) in [5.74, 6) is 0.206. The predicted octanol–water partition coefficient (Wildman–Crippen LogP) is -0.166. The van der Waals surface area contributed by atoms with E-state index in [-0.39, 0.29) is 30.0 Å². The zero-order valence-electron chi connectivity index (χ0n) is 13.0. The third kappa shape index (κ3) is 3.88. The fraction of sp³-hybridized carbons (Fsp3) is 0.615. The molecule has 10 heteroatoms. The molecule has 0 saturated carbocycles. The van der Waals surface area contributed by atoms with Gasteiger partial charge in [0.25, 0.3) is 0 Å². The van der Waals surface area contributed by atoms with Gasteiger partial charge in [0.15, 0.2) is 9.84 Å². The van der Waals surface area contributed by atoms with Crippen LogP contribution < -0.4 is 5.32 Å². The second-order valence-electron chi connectivity index (χ2n) is 5.83. The molecule has 0 aliphatic carbocycles. The van der Waals surface area contributed by atoms with Crippen molar-refractivity contribution in [2.45, 2.75) is 25.9 Å². The number of imidazole rings is 1. The van der Waals surface area contributed by atoms with Gasteiger partial charge in [-0.25, -0.2) is 17.9 Å². The highest BCUT2D eigenvalue weighted by atomic mass is 32.2. The van der Waals surface area contributed by atoms with Gasteiger partial charge in [0.2, 0.25) is 10.9 Å². The van der Waals surface area contributed by atoms with Crippen molar-refractivity contribution in [3.05, 3.63) is 16.9 Å². The van der Waals surface area contributed by atoms with Gasteiger partial charge < -0.3 is 5.32 Å². The van der Waals surface area contributed by atoms with Crippen LogP contribution in [0.5, 0.6) is 0 Å². The standard InChI is InChI=1S/C13H19N5O3S2/c1-9-16-18-6-10(15-13(18)22-9)5-14-12(19)7-17(2)11-3-4-23(20,21)8-11/h6,11H,3-5,7-8H2,1-2H3,(H,14,19)/t11-/m0/s1. The second-order valence-corrected chi connectivity index (χ2v) is 9.22. The lowest BCUT2D eigenvalue weighted by molar-refractivity contribution is -0.122. The van der Waals surface area contributed by atoms with E-state index in [1.165, 1.54) is 11.3 Å². The van der Waals surface area contributed by atoms with Crippen LogP contribution in [0, 0.1) is 6.92 Å². The zero-order valence-corrected chi connectivity index (χ0v) is 14.7. The van der Waals surface area contributed by atoms with Crippen molar-refractivity contribution in [1.29, 1.82) is 0 Å². The van der Waals surface area contributed by atoms with Crippen molar-refractivity contribution >= 4 is 32.0 Å². The maximum atomic E-state index is 12.0. The van der Waals surface area contributed by atoms with Crippen LogP contribution in [0.1, 0.15) is 17.1 Å². The van der Waals surface area contributed by atoms with Gasteiger partial charge in [-0.05, 0) is 20.4 Å². The second kappa shape index (κ2) is 6.17. The minimum absolute atomic E-state index is 0.0733. The SMILES string of the molecule is Cc1nn2cc(CNC(=O)CN(C)[C@H]3CCS(=O)(=O)C3)nc2s1. The molecule has 1 fully saturated rings. The number of aryl methyl sites for hydroxylation is 1. The predicted molar refractivity (Wildman–Crippen MR) is 87.1 cm³/mol. The number of carbonyl (C=O) groups is 1. The molecular formula is C13H19N5O3S2. The molecule has 1 atom stereocenters. The van der Waals surface area contributed by atoms with Crippen molar-refractivity contribution in [2.75, 3.05) is 25.1 Å². The summed E-state index contributed by atoms with van der Waals surface area (Å²) in [4.78, 5) is 19.0. The fourth-order valence-corrected chi connectivity index (χ4v) is 5.20. The number of aromatic nitrogens is 3. The highest BCUT2D eigenvalue weighted by Crippen LogP contribution is 2.16. The van der Waals surface area contributed by atoms with Crippen molar-refractivity contribution in [1.82, 2.24) is 24.8 Å². The van der Waals surface area contributed by atoms with Crippen LogP contribution >= 0.6 is 11.3 Å². The van der Waals surface area contributed by atoms with Crippen LogP contribution in [0.3, 0.4) is 0 Å². The Labute approximate surface area is 138 Å². The molecule has 1 N–H and O–H groups in total. The summed E-state index contributed by atoms with van der Waals surface area (Å²) < 4.78 is 24.7. The van der Waals surface area contributed by atoms with Crippen LogP contribution in [-0.4, -0.2) is 65.0 Å². The number of nitrogens with zero attached hydrogens (tertiary/aromatic N) is 4. The number of hydrogen-bond donors (Lipinski definition) is 1. The van der Waals surface area contributed by atoms with Crippen LogP contribution in [0.4, 0.5) is 0 Å². The first-order valence-electron chi connectivity index (χ1n) is 7.31. The lowest BCUT2D eigenvalue weighted by Crippen LogP contribution is -2.41. The largest absolute Gasteiger partial charge is 0.349 e. The van der Waals surface area contributed by atoms with Crippen molar-refractivity contribution < 1.29 is 13.2 Å². The molecule has 1 amide bonds. The number of nitrogens with one attached hydrogen (secondary N) is 1. The monoisotopic (exact) mass is 357 g/mol. The summed E-state index contributed by atoms with van der Waals surface area (Å²) in [6.07, 6.45) is 2.39. The van der Waals surface area contributed by atoms with Gasteiger partial charge in [-0.3, -0.25) is 9.69 Å². The molecule has 1 aliphatic rings. The lowest BCUT2D eigenvalue weighted by atomic mass is 10.2. The van der Waals surface area contributed by atoms with E-state index < -0.39 is 9.84 Å². The molecule has 0 bridgehead atoms. The minimum Gasteiger partial charge on any atom is -0.349 e. The molecule has 0 spiro atoms. The van der Waals surface area contributed by atoms with E-state index in [2.05, 4.69) is 15.4 Å². The van der Waals surface area contributed by atoms with Gasteiger partial charge in [-0.15, -0.1) is 0 Å². The van der Waals surface area contributed by atoms with Gasteiger partial charge in [0.1, 0.15) is 5.01 Å². The Bertz CT molecular complexity index is 794. The molecule has 126 valence electrons. The first-order chi connectivity index (χ1) is 10.8. The zero-order chi connectivity index (χ0) is 16.6. The smallest absolute Gasteiger partial charge is 0.234 e. The van der Waals surface area contributed by atoms with Crippen molar-refractivity contribution in [3.8, 4) is 0 Å². The lowest BCUT2D eigenvalue weighted by Gasteiger charge is -2.22. The Balaban J connectivity index is 1.50. The Kier molecular flexibility index (Phi) is 4.39. The summed E-state index contributed by atoms with van der Waals surface area (Å²) >= 11 is 1.50. The normalized spacial score (nSPS) is 20.4. The van der Waals surface area contributed by atoms with Gasteiger partial charge in [0.05, 0.1) is 36.5 Å². The average Bonchev–Trinajstić information content (AvgIpc) is 3.08. The minimum atomic E-state index is -2.94. The molecule has 1 saturated heterocycles. The first-order valence-corrected chi connectivity index (χ1v) is 9.95. The van der Waals surface area contributed by atoms with E-state index in [1.54, 1.807) is 22.7 Å². The number of sulfone groups is 1. The van der Waals surface area contributed by atoms with E-state index >= 15 is 0 Å². The number of hydrogen-bond acceptors (Lipinski definition) is 7. The highest BCUT2D eigenvalue weighted by molar-refractivity contribution is 7.91. The third-order valence-electron chi connectivity index (χ3n) is 3.89. The third-order valence-corrected chi connectivity index (χ3v) is 6.47. The van der Waals surface area contributed by atoms with Gasteiger partial charge in [-0.2, -0.15) is 5.10 Å². The summed E-state index contributed by atoms with van der Waals surface area (Å²) in [6.45, 7) is 2.43. The molecule has 3 rings (SSSR count). The molecule has 3 heterocycles. The summed E-state index contributed by atoms with van der Waals surface area (Å²) in [5.41, 5.74) is 0.753. The van der Waals surface area contributed by atoms with E-state index in [0.717, 1.165) is 15.7 Å². The topological polar surface area (TPSA) is 96.7 Å². The summed E-state index contributed by atoms with van der Waals surface area (Å²) in [6, 6.07) is -0.0733. The number of likely N-dealkylation sites (N-methyl/N-ethyl adjacent to an activating group) is 1. The molecule has 1 aliphatic heterocycles. The summed E-state index contributed by atoms with van der Waals surface area (Å²) in [7, 11) is -1.15.